The van der Waals surface area contributed by atoms with E-state index in [1.165, 1.54) is 6.42 Å². The Hall–Kier alpha value is -1.30. The van der Waals surface area contributed by atoms with Gasteiger partial charge in [-0.1, -0.05) is 20.8 Å². The summed E-state index contributed by atoms with van der Waals surface area (Å²) in [7, 11) is 4.06. The number of nitrogens with zero attached hydrogens (tertiary/aromatic N) is 1. The fourth-order valence-corrected chi connectivity index (χ4v) is 2.57. The van der Waals surface area contributed by atoms with Crippen LogP contribution in [0.4, 0.5) is 4.79 Å². The Morgan fingerprint density at radius 2 is 1.86 bits per heavy atom. The van der Waals surface area contributed by atoms with Crippen molar-refractivity contribution in [2.24, 2.45) is 5.41 Å². The van der Waals surface area contributed by atoms with Crippen molar-refractivity contribution in [3.05, 3.63) is 0 Å². The summed E-state index contributed by atoms with van der Waals surface area (Å²) in [6.07, 6.45) is 3.27. The molecule has 0 radical (unpaired) electrons. The van der Waals surface area contributed by atoms with Crippen LogP contribution in [0.3, 0.4) is 0 Å². The van der Waals surface area contributed by atoms with E-state index < -0.39 is 12.0 Å². The number of aliphatic carboxylic acids is 1. The molecule has 0 saturated heterocycles. The first-order valence-corrected chi connectivity index (χ1v) is 7.50. The van der Waals surface area contributed by atoms with Crippen LogP contribution in [0.5, 0.6) is 0 Å². The van der Waals surface area contributed by atoms with E-state index in [1.54, 1.807) is 0 Å². The minimum Gasteiger partial charge on any atom is -0.481 e. The van der Waals surface area contributed by atoms with Gasteiger partial charge in [-0.25, -0.2) is 4.79 Å². The van der Waals surface area contributed by atoms with Crippen molar-refractivity contribution in [2.45, 2.75) is 58.0 Å². The number of rotatable bonds is 6. The molecule has 6 heteroatoms. The molecular weight excluding hydrogens is 270 g/mol. The van der Waals surface area contributed by atoms with Crippen LogP contribution in [-0.4, -0.2) is 54.2 Å². The van der Waals surface area contributed by atoms with Crippen molar-refractivity contribution in [3.8, 4) is 0 Å². The number of hydrogen-bond acceptors (Lipinski definition) is 3. The predicted molar refractivity (Wildman–Crippen MR) is 82.3 cm³/mol. The van der Waals surface area contributed by atoms with E-state index in [9.17, 15) is 9.59 Å². The van der Waals surface area contributed by atoms with Crippen molar-refractivity contribution in [3.63, 3.8) is 0 Å². The lowest BCUT2D eigenvalue weighted by Crippen LogP contribution is -2.59. The molecule has 1 aliphatic rings. The van der Waals surface area contributed by atoms with Crippen molar-refractivity contribution >= 4 is 12.0 Å². The van der Waals surface area contributed by atoms with Gasteiger partial charge < -0.3 is 20.6 Å². The Morgan fingerprint density at radius 1 is 1.29 bits per heavy atom. The molecule has 0 aliphatic heterocycles. The highest BCUT2D eigenvalue weighted by Gasteiger charge is 2.39. The van der Waals surface area contributed by atoms with Crippen molar-refractivity contribution in [2.75, 3.05) is 20.6 Å². The minimum atomic E-state index is -0.904. The molecule has 0 bridgehead atoms. The Bertz CT molecular complexity index is 384. The number of carbonyl (C=O) groups is 2. The second-order valence-electron chi connectivity index (χ2n) is 7.32. The summed E-state index contributed by atoms with van der Waals surface area (Å²) in [6.45, 7) is 6.37. The van der Waals surface area contributed by atoms with Gasteiger partial charge in [0.25, 0.3) is 0 Å². The van der Waals surface area contributed by atoms with Gasteiger partial charge in [-0.15, -0.1) is 0 Å². The second kappa shape index (κ2) is 6.64. The maximum Gasteiger partial charge on any atom is 0.315 e. The molecule has 0 heterocycles. The topological polar surface area (TPSA) is 81.7 Å². The van der Waals surface area contributed by atoms with Crippen LogP contribution in [0.15, 0.2) is 0 Å². The maximum absolute atomic E-state index is 12.1. The molecule has 21 heavy (non-hydrogen) atoms. The zero-order chi connectivity index (χ0) is 16.3. The lowest BCUT2D eigenvalue weighted by atomic mass is 9.75. The molecule has 1 atom stereocenters. The quantitative estimate of drug-likeness (QED) is 0.696. The summed E-state index contributed by atoms with van der Waals surface area (Å²) < 4.78 is 0. The number of carboxylic acids is 1. The number of urea groups is 1. The summed E-state index contributed by atoms with van der Waals surface area (Å²) >= 11 is 0. The van der Waals surface area contributed by atoms with Crippen molar-refractivity contribution < 1.29 is 14.7 Å². The molecule has 1 fully saturated rings. The van der Waals surface area contributed by atoms with Gasteiger partial charge in [0.05, 0.1) is 6.42 Å². The van der Waals surface area contributed by atoms with Gasteiger partial charge in [-0.3, -0.25) is 4.79 Å². The molecule has 0 aromatic heterocycles. The number of carbonyl (C=O) groups excluding carboxylic acids is 1. The largest absolute Gasteiger partial charge is 0.481 e. The van der Waals surface area contributed by atoms with E-state index >= 15 is 0 Å². The summed E-state index contributed by atoms with van der Waals surface area (Å²) in [6, 6.07) is -0.684. The fourth-order valence-electron chi connectivity index (χ4n) is 2.57. The monoisotopic (exact) mass is 299 g/mol. The molecule has 6 nitrogen and oxygen atoms in total. The average Bonchev–Trinajstić information content (AvgIpc) is 2.24. The number of carboxylic acid groups (broad SMARTS) is 1. The van der Waals surface area contributed by atoms with Crippen LogP contribution in [0.1, 0.15) is 46.5 Å². The van der Waals surface area contributed by atoms with Crippen LogP contribution in [-0.2, 0) is 4.79 Å². The van der Waals surface area contributed by atoms with Crippen molar-refractivity contribution in [1.29, 1.82) is 0 Å². The SMILES string of the molecule is CN(C)C1(CNC(=O)NC(CC(=O)O)C(C)(C)C)CCC1. The Labute approximate surface area is 127 Å². The normalized spacial score (nSPS) is 18.8. The van der Waals surface area contributed by atoms with Crippen LogP contribution < -0.4 is 10.6 Å². The second-order valence-corrected chi connectivity index (χ2v) is 7.32. The molecule has 2 amide bonds. The first-order valence-electron chi connectivity index (χ1n) is 7.50. The van der Waals surface area contributed by atoms with Crippen LogP contribution in [0.25, 0.3) is 0 Å². The first kappa shape index (κ1) is 17.8. The Balaban J connectivity index is 2.52. The van der Waals surface area contributed by atoms with Gasteiger partial charge in [-0.2, -0.15) is 0 Å². The van der Waals surface area contributed by atoms with E-state index in [4.69, 9.17) is 5.11 Å². The third kappa shape index (κ3) is 4.88. The zero-order valence-electron chi connectivity index (χ0n) is 13.8. The molecule has 1 rings (SSSR count). The van der Waals surface area contributed by atoms with E-state index in [0.717, 1.165) is 12.8 Å². The standard InChI is InChI=1S/C15H29N3O3/c1-14(2,3)11(9-12(19)20)17-13(21)16-10-15(18(4)5)7-6-8-15/h11H,6-10H2,1-5H3,(H,19,20)(H2,16,17,21). The van der Waals surface area contributed by atoms with Gasteiger partial charge in [0.15, 0.2) is 0 Å². The molecule has 1 unspecified atom stereocenters. The van der Waals surface area contributed by atoms with Crippen molar-refractivity contribution in [1.82, 2.24) is 15.5 Å². The van der Waals surface area contributed by atoms with Gasteiger partial charge in [0, 0.05) is 18.1 Å². The molecule has 1 aliphatic carbocycles. The van der Waals surface area contributed by atoms with E-state index in [2.05, 4.69) is 15.5 Å². The fraction of sp³-hybridized carbons (Fsp3) is 0.867. The van der Waals surface area contributed by atoms with Gasteiger partial charge in [-0.05, 0) is 38.8 Å². The smallest absolute Gasteiger partial charge is 0.315 e. The molecule has 0 aromatic rings. The predicted octanol–water partition coefficient (Wildman–Crippen LogP) is 1.66. The van der Waals surface area contributed by atoms with Crippen LogP contribution in [0, 0.1) is 5.41 Å². The Morgan fingerprint density at radius 3 is 2.19 bits per heavy atom. The molecule has 1 saturated carbocycles. The zero-order valence-corrected chi connectivity index (χ0v) is 13.8. The highest BCUT2D eigenvalue weighted by Crippen LogP contribution is 2.35. The number of amides is 2. The number of likely N-dealkylation sites (N-methyl/N-ethyl adjacent to an activating group) is 1. The average molecular weight is 299 g/mol. The van der Waals surface area contributed by atoms with Crippen LogP contribution >= 0.6 is 0 Å². The van der Waals surface area contributed by atoms with E-state index in [0.29, 0.717) is 6.54 Å². The third-order valence-electron chi connectivity index (χ3n) is 4.54. The lowest BCUT2D eigenvalue weighted by molar-refractivity contribution is -0.138. The van der Waals surface area contributed by atoms with Gasteiger partial charge in [0.1, 0.15) is 0 Å². The van der Waals surface area contributed by atoms with Gasteiger partial charge in [0.2, 0.25) is 0 Å². The van der Waals surface area contributed by atoms with E-state index in [-0.39, 0.29) is 23.4 Å². The molecule has 0 aromatic carbocycles. The maximum atomic E-state index is 12.1. The Kier molecular flexibility index (Phi) is 5.61. The summed E-state index contributed by atoms with van der Waals surface area (Å²) in [5.74, 6) is -0.904. The minimum absolute atomic E-state index is 0.0569. The molecule has 3 N–H and O–H groups in total. The molecular formula is C15H29N3O3. The van der Waals surface area contributed by atoms with E-state index in [1.807, 2.05) is 34.9 Å². The summed E-state index contributed by atoms with van der Waals surface area (Å²) in [5, 5.41) is 14.7. The highest BCUT2D eigenvalue weighted by atomic mass is 16.4. The van der Waals surface area contributed by atoms with Gasteiger partial charge >= 0.3 is 12.0 Å². The third-order valence-corrected chi connectivity index (χ3v) is 4.54. The first-order chi connectivity index (χ1) is 9.57. The molecule has 0 spiro atoms. The van der Waals surface area contributed by atoms with Crippen LogP contribution in [0.2, 0.25) is 0 Å². The molecule has 122 valence electrons. The number of hydrogen-bond donors (Lipinski definition) is 3. The summed E-state index contributed by atoms with van der Waals surface area (Å²) in [5.41, 5.74) is -0.243. The highest BCUT2D eigenvalue weighted by molar-refractivity contribution is 5.76. The number of nitrogens with one attached hydrogen (secondary N) is 2. The summed E-state index contributed by atoms with van der Waals surface area (Å²) in [4.78, 5) is 25.1. The lowest BCUT2D eigenvalue weighted by Gasteiger charge is -2.47.